The van der Waals surface area contributed by atoms with Crippen LogP contribution in [0.4, 0.5) is 5.69 Å². The lowest BCUT2D eigenvalue weighted by Gasteiger charge is -2.10. The van der Waals surface area contributed by atoms with Gasteiger partial charge in [0.1, 0.15) is 0 Å². The first-order valence-corrected chi connectivity index (χ1v) is 8.80. The number of nitrogens with two attached hydrogens (primary N) is 1. The number of anilines is 1. The SMILES string of the molecule is Cc1ccc(NCc2ccc(Cl)c(Br)c2)cc1S(N)(=O)=O. The van der Waals surface area contributed by atoms with Gasteiger partial charge in [-0.25, -0.2) is 13.6 Å². The van der Waals surface area contributed by atoms with Crippen LogP contribution in [0.2, 0.25) is 5.02 Å². The van der Waals surface area contributed by atoms with Gasteiger partial charge in [0.15, 0.2) is 0 Å². The van der Waals surface area contributed by atoms with Crippen molar-refractivity contribution < 1.29 is 8.42 Å². The normalized spacial score (nSPS) is 11.4. The summed E-state index contributed by atoms with van der Waals surface area (Å²) in [5.74, 6) is 0. The van der Waals surface area contributed by atoms with Crippen molar-refractivity contribution in [2.45, 2.75) is 18.4 Å². The third-order valence-corrected chi connectivity index (χ3v) is 5.24. The van der Waals surface area contributed by atoms with E-state index in [0.29, 0.717) is 22.8 Å². The van der Waals surface area contributed by atoms with E-state index in [1.54, 1.807) is 19.1 Å². The Bertz CT molecular complexity index is 779. The maximum absolute atomic E-state index is 11.5. The summed E-state index contributed by atoms with van der Waals surface area (Å²) >= 11 is 9.30. The molecule has 0 unspecified atom stereocenters. The number of hydrogen-bond acceptors (Lipinski definition) is 3. The molecule has 2 aromatic carbocycles. The van der Waals surface area contributed by atoms with Crippen LogP contribution in [0, 0.1) is 6.92 Å². The molecule has 0 aliphatic heterocycles. The molecule has 0 heterocycles. The van der Waals surface area contributed by atoms with Crippen LogP contribution in [-0.2, 0) is 16.6 Å². The molecular formula is C14H14BrClN2O2S. The van der Waals surface area contributed by atoms with E-state index in [2.05, 4.69) is 21.2 Å². The largest absolute Gasteiger partial charge is 0.381 e. The quantitative estimate of drug-likeness (QED) is 0.838. The maximum Gasteiger partial charge on any atom is 0.238 e. The molecule has 0 saturated heterocycles. The molecule has 0 radical (unpaired) electrons. The predicted molar refractivity (Wildman–Crippen MR) is 89.0 cm³/mol. The van der Waals surface area contributed by atoms with E-state index >= 15 is 0 Å². The Balaban J connectivity index is 2.19. The maximum atomic E-state index is 11.5. The number of sulfonamides is 1. The fraction of sp³-hybridized carbons (Fsp3) is 0.143. The van der Waals surface area contributed by atoms with E-state index < -0.39 is 10.0 Å². The summed E-state index contributed by atoms with van der Waals surface area (Å²) in [5, 5.41) is 9.00. The van der Waals surface area contributed by atoms with Gasteiger partial charge in [-0.15, -0.1) is 0 Å². The fourth-order valence-electron chi connectivity index (χ4n) is 1.87. The topological polar surface area (TPSA) is 72.2 Å². The van der Waals surface area contributed by atoms with Gasteiger partial charge in [-0.2, -0.15) is 0 Å². The van der Waals surface area contributed by atoms with Crippen molar-refractivity contribution in [2.75, 3.05) is 5.32 Å². The average molecular weight is 390 g/mol. The molecule has 0 fully saturated rings. The van der Waals surface area contributed by atoms with E-state index in [0.717, 1.165) is 10.0 Å². The Morgan fingerprint density at radius 1 is 1.24 bits per heavy atom. The van der Waals surface area contributed by atoms with Crippen LogP contribution in [0.5, 0.6) is 0 Å². The van der Waals surface area contributed by atoms with E-state index in [1.165, 1.54) is 6.07 Å². The minimum atomic E-state index is -3.72. The Labute approximate surface area is 137 Å². The number of rotatable bonds is 4. The zero-order chi connectivity index (χ0) is 15.6. The van der Waals surface area contributed by atoms with Crippen molar-refractivity contribution in [1.29, 1.82) is 0 Å². The monoisotopic (exact) mass is 388 g/mol. The first-order valence-electron chi connectivity index (χ1n) is 6.08. The summed E-state index contributed by atoms with van der Waals surface area (Å²) in [7, 11) is -3.72. The van der Waals surface area contributed by atoms with Crippen LogP contribution in [-0.4, -0.2) is 8.42 Å². The van der Waals surface area contributed by atoms with E-state index in [4.69, 9.17) is 16.7 Å². The van der Waals surface area contributed by atoms with Gasteiger partial charge in [-0.05, 0) is 58.2 Å². The zero-order valence-electron chi connectivity index (χ0n) is 11.2. The van der Waals surface area contributed by atoms with Crippen LogP contribution < -0.4 is 10.5 Å². The molecule has 0 aliphatic rings. The van der Waals surface area contributed by atoms with Gasteiger partial charge in [-0.1, -0.05) is 23.7 Å². The first kappa shape index (κ1) is 16.3. The highest BCUT2D eigenvalue weighted by atomic mass is 79.9. The third-order valence-electron chi connectivity index (χ3n) is 2.98. The highest BCUT2D eigenvalue weighted by molar-refractivity contribution is 9.10. The molecule has 0 saturated carbocycles. The lowest BCUT2D eigenvalue weighted by Crippen LogP contribution is -2.14. The summed E-state index contributed by atoms with van der Waals surface area (Å²) < 4.78 is 23.8. The number of benzene rings is 2. The summed E-state index contributed by atoms with van der Waals surface area (Å²) in [4.78, 5) is 0.129. The zero-order valence-corrected chi connectivity index (χ0v) is 14.4. The first-order chi connectivity index (χ1) is 9.77. The minimum Gasteiger partial charge on any atom is -0.381 e. The molecule has 0 spiro atoms. The molecular weight excluding hydrogens is 376 g/mol. The molecule has 2 rings (SSSR count). The third kappa shape index (κ3) is 4.20. The highest BCUT2D eigenvalue weighted by Gasteiger charge is 2.12. The fourth-order valence-corrected chi connectivity index (χ4v) is 3.22. The van der Waals surface area contributed by atoms with Crippen LogP contribution in [0.3, 0.4) is 0 Å². The lowest BCUT2D eigenvalue weighted by atomic mass is 10.2. The number of halogens is 2. The van der Waals surface area contributed by atoms with Gasteiger partial charge < -0.3 is 5.32 Å². The molecule has 3 N–H and O–H groups in total. The average Bonchev–Trinajstić information content (AvgIpc) is 2.40. The molecule has 0 amide bonds. The van der Waals surface area contributed by atoms with Gasteiger partial charge in [0.05, 0.1) is 9.92 Å². The van der Waals surface area contributed by atoms with Crippen molar-refractivity contribution in [2.24, 2.45) is 5.14 Å². The van der Waals surface area contributed by atoms with E-state index in [9.17, 15) is 8.42 Å². The molecule has 2 aromatic rings. The lowest BCUT2D eigenvalue weighted by molar-refractivity contribution is 0.597. The van der Waals surface area contributed by atoms with Crippen molar-refractivity contribution in [1.82, 2.24) is 0 Å². The van der Waals surface area contributed by atoms with Gasteiger partial charge in [0, 0.05) is 16.7 Å². The summed E-state index contributed by atoms with van der Waals surface area (Å²) in [6, 6.07) is 10.7. The molecule has 0 bridgehead atoms. The second kappa shape index (κ2) is 6.36. The smallest absolute Gasteiger partial charge is 0.238 e. The van der Waals surface area contributed by atoms with Gasteiger partial charge >= 0.3 is 0 Å². The predicted octanol–water partition coefficient (Wildman–Crippen LogP) is 3.67. The second-order valence-corrected chi connectivity index (χ2v) is 7.42. The van der Waals surface area contributed by atoms with Gasteiger partial charge in [0.2, 0.25) is 10.0 Å². The molecule has 0 aromatic heterocycles. The number of primary sulfonamides is 1. The summed E-state index contributed by atoms with van der Waals surface area (Å²) in [5.41, 5.74) is 2.33. The molecule has 0 aliphatic carbocycles. The summed E-state index contributed by atoms with van der Waals surface area (Å²) in [6.07, 6.45) is 0. The van der Waals surface area contributed by atoms with Crippen molar-refractivity contribution >= 4 is 43.2 Å². The van der Waals surface area contributed by atoms with Gasteiger partial charge in [0.25, 0.3) is 0 Å². The minimum absolute atomic E-state index is 0.129. The molecule has 21 heavy (non-hydrogen) atoms. The second-order valence-electron chi connectivity index (χ2n) is 4.63. The van der Waals surface area contributed by atoms with Crippen molar-refractivity contribution in [3.8, 4) is 0 Å². The molecule has 7 heteroatoms. The van der Waals surface area contributed by atoms with Crippen LogP contribution >= 0.6 is 27.5 Å². The standard InChI is InChI=1S/C14H14BrClN2O2S/c1-9-2-4-11(7-14(9)21(17,19)20)18-8-10-3-5-13(16)12(15)6-10/h2-7,18H,8H2,1H3,(H2,17,19,20). The number of aryl methyl sites for hydroxylation is 1. The molecule has 0 atom stereocenters. The summed E-state index contributed by atoms with van der Waals surface area (Å²) in [6.45, 7) is 2.25. The highest BCUT2D eigenvalue weighted by Crippen LogP contribution is 2.24. The Morgan fingerprint density at radius 3 is 2.57 bits per heavy atom. The Morgan fingerprint density at radius 2 is 1.95 bits per heavy atom. The van der Waals surface area contributed by atoms with Crippen LogP contribution in [0.15, 0.2) is 45.8 Å². The van der Waals surface area contributed by atoms with Crippen LogP contribution in [0.1, 0.15) is 11.1 Å². The number of hydrogen-bond donors (Lipinski definition) is 2. The molecule has 112 valence electrons. The van der Waals surface area contributed by atoms with Gasteiger partial charge in [-0.3, -0.25) is 0 Å². The van der Waals surface area contributed by atoms with Crippen molar-refractivity contribution in [3.05, 3.63) is 57.0 Å². The Hall–Kier alpha value is -1.08. The molecule has 4 nitrogen and oxygen atoms in total. The van der Waals surface area contributed by atoms with Crippen molar-refractivity contribution in [3.63, 3.8) is 0 Å². The number of nitrogens with one attached hydrogen (secondary N) is 1. The van der Waals surface area contributed by atoms with Crippen LogP contribution in [0.25, 0.3) is 0 Å². The van der Waals surface area contributed by atoms with E-state index in [1.807, 2.05) is 18.2 Å². The Kier molecular flexibility index (Phi) is 4.93. The van der Waals surface area contributed by atoms with E-state index in [-0.39, 0.29) is 4.90 Å².